The van der Waals surface area contributed by atoms with Crippen LogP contribution in [-0.2, 0) is 4.79 Å². The lowest BCUT2D eigenvalue weighted by Crippen LogP contribution is -2.20. The standard InChI is InChI=1S/C17H19NO3/c1-12-5-3-7-15(9-12)18-17(20)11-21-16-8-4-6-14(10-16)13(2)19/h3-10,13,19H,11H2,1-2H3,(H,18,20)/t13-/m0/s1. The molecule has 0 fully saturated rings. The lowest BCUT2D eigenvalue weighted by molar-refractivity contribution is -0.118. The first-order chi connectivity index (χ1) is 10.0. The summed E-state index contributed by atoms with van der Waals surface area (Å²) in [4.78, 5) is 11.8. The molecule has 0 saturated heterocycles. The first kappa shape index (κ1) is 15.1. The number of anilines is 1. The second-order valence-corrected chi connectivity index (χ2v) is 4.95. The van der Waals surface area contributed by atoms with E-state index in [9.17, 15) is 9.90 Å². The molecule has 0 aliphatic heterocycles. The molecular weight excluding hydrogens is 266 g/mol. The minimum atomic E-state index is -0.560. The molecule has 4 nitrogen and oxygen atoms in total. The van der Waals surface area contributed by atoms with Gasteiger partial charge in [0.05, 0.1) is 6.10 Å². The van der Waals surface area contributed by atoms with E-state index in [0.29, 0.717) is 5.75 Å². The van der Waals surface area contributed by atoms with Crippen LogP contribution in [0.3, 0.4) is 0 Å². The van der Waals surface area contributed by atoms with Crippen molar-refractivity contribution >= 4 is 11.6 Å². The third-order valence-corrected chi connectivity index (χ3v) is 3.01. The molecule has 0 radical (unpaired) electrons. The summed E-state index contributed by atoms with van der Waals surface area (Å²) in [6, 6.07) is 14.7. The molecule has 110 valence electrons. The van der Waals surface area contributed by atoms with Crippen LogP contribution in [0.1, 0.15) is 24.2 Å². The summed E-state index contributed by atoms with van der Waals surface area (Å²) in [6.45, 7) is 3.58. The minimum absolute atomic E-state index is 0.0722. The Kier molecular flexibility index (Phi) is 4.95. The van der Waals surface area contributed by atoms with Crippen molar-refractivity contribution in [1.82, 2.24) is 0 Å². The van der Waals surface area contributed by atoms with Crippen LogP contribution in [0.5, 0.6) is 5.75 Å². The lowest BCUT2D eigenvalue weighted by Gasteiger charge is -2.10. The van der Waals surface area contributed by atoms with Gasteiger partial charge in [-0.15, -0.1) is 0 Å². The summed E-state index contributed by atoms with van der Waals surface area (Å²) in [5.74, 6) is 0.343. The Morgan fingerprint density at radius 3 is 2.71 bits per heavy atom. The second-order valence-electron chi connectivity index (χ2n) is 4.95. The maximum Gasteiger partial charge on any atom is 0.262 e. The normalized spacial score (nSPS) is 11.8. The number of carbonyl (C=O) groups excluding carboxylic acids is 1. The molecule has 0 spiro atoms. The Hall–Kier alpha value is -2.33. The van der Waals surface area contributed by atoms with Crippen molar-refractivity contribution in [2.75, 3.05) is 11.9 Å². The van der Waals surface area contributed by atoms with E-state index in [1.807, 2.05) is 37.3 Å². The molecule has 0 heterocycles. The fraction of sp³-hybridized carbons (Fsp3) is 0.235. The van der Waals surface area contributed by atoms with E-state index in [4.69, 9.17) is 4.74 Å². The molecule has 4 heteroatoms. The summed E-state index contributed by atoms with van der Waals surface area (Å²) in [5, 5.41) is 12.3. The summed E-state index contributed by atoms with van der Waals surface area (Å²) in [5.41, 5.74) is 2.59. The fourth-order valence-electron chi connectivity index (χ4n) is 1.93. The Labute approximate surface area is 124 Å². The van der Waals surface area contributed by atoms with E-state index in [1.54, 1.807) is 25.1 Å². The number of nitrogens with one attached hydrogen (secondary N) is 1. The molecule has 2 rings (SSSR count). The average molecular weight is 285 g/mol. The molecule has 2 aromatic rings. The molecule has 2 aromatic carbocycles. The number of amides is 1. The van der Waals surface area contributed by atoms with Gasteiger partial charge in [-0.3, -0.25) is 4.79 Å². The van der Waals surface area contributed by atoms with Crippen LogP contribution in [0.25, 0.3) is 0 Å². The summed E-state index contributed by atoms with van der Waals surface area (Å²) in [6.07, 6.45) is -0.560. The molecule has 21 heavy (non-hydrogen) atoms. The van der Waals surface area contributed by atoms with Crippen molar-refractivity contribution in [1.29, 1.82) is 0 Å². The van der Waals surface area contributed by atoms with Gasteiger partial charge in [-0.1, -0.05) is 24.3 Å². The maximum absolute atomic E-state index is 11.8. The van der Waals surface area contributed by atoms with Gasteiger partial charge >= 0.3 is 0 Å². The van der Waals surface area contributed by atoms with Gasteiger partial charge in [0.1, 0.15) is 5.75 Å². The van der Waals surface area contributed by atoms with Crippen molar-refractivity contribution in [3.8, 4) is 5.75 Å². The number of benzene rings is 2. The minimum Gasteiger partial charge on any atom is -0.484 e. The monoisotopic (exact) mass is 285 g/mol. The van der Waals surface area contributed by atoms with Gasteiger partial charge in [0, 0.05) is 5.69 Å². The van der Waals surface area contributed by atoms with E-state index < -0.39 is 6.10 Å². The van der Waals surface area contributed by atoms with Crippen LogP contribution in [0, 0.1) is 6.92 Å². The maximum atomic E-state index is 11.8. The number of rotatable bonds is 5. The van der Waals surface area contributed by atoms with Crippen molar-refractivity contribution in [2.45, 2.75) is 20.0 Å². The predicted octanol–water partition coefficient (Wildman–Crippen LogP) is 3.07. The van der Waals surface area contributed by atoms with Crippen LogP contribution < -0.4 is 10.1 Å². The van der Waals surface area contributed by atoms with Gasteiger partial charge in [0.15, 0.2) is 6.61 Å². The first-order valence-corrected chi connectivity index (χ1v) is 6.82. The number of hydrogen-bond acceptors (Lipinski definition) is 3. The zero-order valence-electron chi connectivity index (χ0n) is 12.2. The van der Waals surface area contributed by atoms with Gasteiger partial charge in [0.2, 0.25) is 0 Å². The number of ether oxygens (including phenoxy) is 1. The Bertz CT molecular complexity index is 623. The second kappa shape index (κ2) is 6.90. The number of aryl methyl sites for hydroxylation is 1. The Morgan fingerprint density at radius 1 is 1.24 bits per heavy atom. The average Bonchev–Trinajstić information content (AvgIpc) is 2.45. The van der Waals surface area contributed by atoms with Gasteiger partial charge < -0.3 is 15.2 Å². The molecule has 0 bridgehead atoms. The van der Waals surface area contributed by atoms with Crippen LogP contribution in [-0.4, -0.2) is 17.6 Å². The molecule has 0 saturated carbocycles. The highest BCUT2D eigenvalue weighted by molar-refractivity contribution is 5.91. The smallest absolute Gasteiger partial charge is 0.262 e. The van der Waals surface area contributed by atoms with Crippen molar-refractivity contribution in [3.63, 3.8) is 0 Å². The Balaban J connectivity index is 1.90. The quantitative estimate of drug-likeness (QED) is 0.887. The summed E-state index contributed by atoms with van der Waals surface area (Å²) in [7, 11) is 0. The number of carbonyl (C=O) groups is 1. The van der Waals surface area contributed by atoms with E-state index in [2.05, 4.69) is 5.32 Å². The van der Waals surface area contributed by atoms with E-state index in [1.165, 1.54) is 0 Å². The lowest BCUT2D eigenvalue weighted by atomic mass is 10.1. The van der Waals surface area contributed by atoms with Crippen LogP contribution in [0.4, 0.5) is 5.69 Å². The Morgan fingerprint density at radius 2 is 2.00 bits per heavy atom. The summed E-state index contributed by atoms with van der Waals surface area (Å²) < 4.78 is 5.44. The number of aliphatic hydroxyl groups is 1. The third-order valence-electron chi connectivity index (χ3n) is 3.01. The molecule has 0 aromatic heterocycles. The summed E-state index contributed by atoms with van der Waals surface area (Å²) >= 11 is 0. The molecule has 2 N–H and O–H groups in total. The first-order valence-electron chi connectivity index (χ1n) is 6.82. The molecular formula is C17H19NO3. The van der Waals surface area contributed by atoms with Gasteiger partial charge in [-0.05, 0) is 49.2 Å². The van der Waals surface area contributed by atoms with Crippen LogP contribution in [0.15, 0.2) is 48.5 Å². The van der Waals surface area contributed by atoms with Crippen molar-refractivity contribution in [2.24, 2.45) is 0 Å². The van der Waals surface area contributed by atoms with E-state index in [0.717, 1.165) is 16.8 Å². The third kappa shape index (κ3) is 4.61. The van der Waals surface area contributed by atoms with E-state index in [-0.39, 0.29) is 12.5 Å². The molecule has 1 atom stereocenters. The van der Waals surface area contributed by atoms with Crippen molar-refractivity contribution in [3.05, 3.63) is 59.7 Å². The fourth-order valence-corrected chi connectivity index (χ4v) is 1.93. The highest BCUT2D eigenvalue weighted by atomic mass is 16.5. The SMILES string of the molecule is Cc1cccc(NC(=O)COc2cccc([C@H](C)O)c2)c1. The highest BCUT2D eigenvalue weighted by Crippen LogP contribution is 2.18. The highest BCUT2D eigenvalue weighted by Gasteiger charge is 2.06. The van der Waals surface area contributed by atoms with Crippen LogP contribution >= 0.6 is 0 Å². The topological polar surface area (TPSA) is 58.6 Å². The number of aliphatic hydroxyl groups excluding tert-OH is 1. The van der Waals surface area contributed by atoms with Gasteiger partial charge in [-0.2, -0.15) is 0 Å². The molecule has 0 aliphatic carbocycles. The van der Waals surface area contributed by atoms with Gasteiger partial charge in [-0.25, -0.2) is 0 Å². The predicted molar refractivity (Wildman–Crippen MR) is 82.4 cm³/mol. The molecule has 1 amide bonds. The van der Waals surface area contributed by atoms with Gasteiger partial charge in [0.25, 0.3) is 5.91 Å². The molecule has 0 unspecified atom stereocenters. The largest absolute Gasteiger partial charge is 0.484 e. The van der Waals surface area contributed by atoms with Crippen LogP contribution in [0.2, 0.25) is 0 Å². The number of hydrogen-bond donors (Lipinski definition) is 2. The van der Waals surface area contributed by atoms with E-state index >= 15 is 0 Å². The van der Waals surface area contributed by atoms with Crippen molar-refractivity contribution < 1.29 is 14.6 Å². The molecule has 0 aliphatic rings. The zero-order valence-corrected chi connectivity index (χ0v) is 12.2. The zero-order chi connectivity index (χ0) is 15.2.